The molecule has 3 rings (SSSR count). The lowest BCUT2D eigenvalue weighted by atomic mass is 10.1. The van der Waals surface area contributed by atoms with Crippen LogP contribution in [0.25, 0.3) is 6.08 Å². The van der Waals surface area contributed by atoms with Gasteiger partial charge in [-0.1, -0.05) is 17.7 Å². The van der Waals surface area contributed by atoms with Crippen LogP contribution in [0.2, 0.25) is 5.02 Å². The van der Waals surface area contributed by atoms with E-state index in [9.17, 15) is 14.4 Å². The highest BCUT2D eigenvalue weighted by Gasteiger charge is 2.25. The SMILES string of the molecule is CC(=O)Oc1ccc(/C=C2\N=C(c3cc(Cl)ccn3)OC2=O)cc1OC(C)=O. The third-order valence-corrected chi connectivity index (χ3v) is 3.58. The molecule has 1 aliphatic rings. The summed E-state index contributed by atoms with van der Waals surface area (Å²) in [5.41, 5.74) is 0.809. The second kappa shape index (κ2) is 8.01. The number of rotatable bonds is 4. The molecule has 0 saturated carbocycles. The maximum atomic E-state index is 12.1. The van der Waals surface area contributed by atoms with E-state index < -0.39 is 17.9 Å². The first-order valence-corrected chi connectivity index (χ1v) is 8.35. The van der Waals surface area contributed by atoms with Crippen LogP contribution in [0, 0.1) is 0 Å². The molecule has 0 saturated heterocycles. The maximum Gasteiger partial charge on any atom is 0.363 e. The Morgan fingerprint density at radius 1 is 1.07 bits per heavy atom. The van der Waals surface area contributed by atoms with E-state index in [1.807, 2.05) is 0 Å². The van der Waals surface area contributed by atoms with Crippen LogP contribution >= 0.6 is 11.6 Å². The standard InChI is InChI=1S/C19H13ClN2O6/c1-10(23)26-16-4-3-12(8-17(16)27-11(2)24)7-15-19(25)28-18(22-15)14-9-13(20)5-6-21-14/h3-9H,1-2H3/b15-7-. The number of cyclic esters (lactones) is 1. The van der Waals surface area contributed by atoms with Crippen molar-refractivity contribution in [3.05, 3.63) is 58.5 Å². The van der Waals surface area contributed by atoms with Crippen LogP contribution in [0.15, 0.2) is 47.2 Å². The third kappa shape index (κ3) is 4.60. The topological polar surface area (TPSA) is 104 Å². The van der Waals surface area contributed by atoms with Gasteiger partial charge in [-0.3, -0.25) is 14.6 Å². The van der Waals surface area contributed by atoms with Crippen molar-refractivity contribution in [3.8, 4) is 11.5 Å². The molecule has 0 amide bonds. The number of nitrogens with zero attached hydrogens (tertiary/aromatic N) is 2. The Balaban J connectivity index is 1.94. The Kier molecular flexibility index (Phi) is 5.51. The van der Waals surface area contributed by atoms with Crippen molar-refractivity contribution in [1.29, 1.82) is 0 Å². The van der Waals surface area contributed by atoms with Crippen LogP contribution in [0.5, 0.6) is 11.5 Å². The summed E-state index contributed by atoms with van der Waals surface area (Å²) in [4.78, 5) is 42.8. The minimum Gasteiger partial charge on any atom is -0.423 e. The summed E-state index contributed by atoms with van der Waals surface area (Å²) in [6.45, 7) is 2.44. The normalized spacial score (nSPS) is 14.5. The van der Waals surface area contributed by atoms with Crippen molar-refractivity contribution in [2.75, 3.05) is 0 Å². The molecule has 0 N–H and O–H groups in total. The first kappa shape index (κ1) is 19.2. The van der Waals surface area contributed by atoms with Gasteiger partial charge in [0.2, 0.25) is 5.90 Å². The van der Waals surface area contributed by atoms with Gasteiger partial charge in [-0.2, -0.15) is 0 Å². The van der Waals surface area contributed by atoms with E-state index in [0.29, 0.717) is 16.3 Å². The zero-order chi connectivity index (χ0) is 20.3. The lowest BCUT2D eigenvalue weighted by Crippen LogP contribution is -2.07. The van der Waals surface area contributed by atoms with Gasteiger partial charge in [-0.05, 0) is 35.9 Å². The fraction of sp³-hybridized carbons (Fsp3) is 0.105. The molecule has 2 heterocycles. The van der Waals surface area contributed by atoms with Gasteiger partial charge in [-0.25, -0.2) is 9.79 Å². The fourth-order valence-electron chi connectivity index (χ4n) is 2.29. The second-order valence-corrected chi connectivity index (χ2v) is 6.03. The van der Waals surface area contributed by atoms with Crippen LogP contribution in [0.4, 0.5) is 0 Å². The summed E-state index contributed by atoms with van der Waals surface area (Å²) in [6.07, 6.45) is 2.90. The Morgan fingerprint density at radius 2 is 1.79 bits per heavy atom. The smallest absolute Gasteiger partial charge is 0.363 e. The molecule has 1 aromatic carbocycles. The number of benzene rings is 1. The summed E-state index contributed by atoms with van der Waals surface area (Å²) >= 11 is 5.91. The minimum atomic E-state index is -0.671. The van der Waals surface area contributed by atoms with Gasteiger partial charge >= 0.3 is 17.9 Å². The number of carbonyl (C=O) groups excluding carboxylic acids is 3. The Hall–Kier alpha value is -3.52. The molecule has 0 radical (unpaired) electrons. The highest BCUT2D eigenvalue weighted by atomic mass is 35.5. The molecule has 0 spiro atoms. The van der Waals surface area contributed by atoms with Gasteiger partial charge in [0.1, 0.15) is 5.69 Å². The predicted octanol–water partition coefficient (Wildman–Crippen LogP) is 2.93. The zero-order valence-corrected chi connectivity index (χ0v) is 15.5. The minimum absolute atomic E-state index is 0.0192. The molecule has 0 unspecified atom stereocenters. The van der Waals surface area contributed by atoms with E-state index >= 15 is 0 Å². The average Bonchev–Trinajstić information content (AvgIpc) is 2.97. The lowest BCUT2D eigenvalue weighted by molar-refractivity contribution is -0.134. The Labute approximate surface area is 164 Å². The molecule has 28 heavy (non-hydrogen) atoms. The number of esters is 3. The summed E-state index contributed by atoms with van der Waals surface area (Å²) in [5.74, 6) is -1.70. The van der Waals surface area contributed by atoms with Crippen LogP contribution in [0.1, 0.15) is 25.1 Å². The van der Waals surface area contributed by atoms with E-state index in [4.69, 9.17) is 25.8 Å². The molecule has 9 heteroatoms. The second-order valence-electron chi connectivity index (χ2n) is 5.59. The van der Waals surface area contributed by atoms with Crippen molar-refractivity contribution < 1.29 is 28.6 Å². The van der Waals surface area contributed by atoms with Gasteiger partial charge in [-0.15, -0.1) is 0 Å². The third-order valence-electron chi connectivity index (χ3n) is 3.34. The molecule has 1 aromatic heterocycles. The van der Waals surface area contributed by atoms with Gasteiger partial charge < -0.3 is 14.2 Å². The largest absolute Gasteiger partial charge is 0.423 e. The van der Waals surface area contributed by atoms with E-state index in [1.54, 1.807) is 12.1 Å². The Morgan fingerprint density at radius 3 is 2.46 bits per heavy atom. The number of aliphatic imine (C=N–C) groups is 1. The van der Waals surface area contributed by atoms with Crippen LogP contribution in [-0.2, 0) is 19.1 Å². The zero-order valence-electron chi connectivity index (χ0n) is 14.8. The lowest BCUT2D eigenvalue weighted by Gasteiger charge is -2.09. The van der Waals surface area contributed by atoms with E-state index in [2.05, 4.69) is 9.98 Å². The van der Waals surface area contributed by atoms with Gasteiger partial charge in [0.25, 0.3) is 0 Å². The number of hydrogen-bond donors (Lipinski definition) is 0. The molecule has 0 atom stereocenters. The molecule has 1 aliphatic heterocycles. The number of pyridine rings is 1. The first-order valence-electron chi connectivity index (χ1n) is 7.97. The van der Waals surface area contributed by atoms with Crippen molar-refractivity contribution >= 4 is 41.5 Å². The van der Waals surface area contributed by atoms with E-state index in [-0.39, 0.29) is 23.1 Å². The van der Waals surface area contributed by atoms with Crippen molar-refractivity contribution in [2.24, 2.45) is 4.99 Å². The molecule has 8 nitrogen and oxygen atoms in total. The van der Waals surface area contributed by atoms with Gasteiger partial charge in [0, 0.05) is 25.1 Å². The number of halogens is 1. The summed E-state index contributed by atoms with van der Waals surface area (Å²) < 4.78 is 15.2. The number of carbonyl (C=O) groups is 3. The number of aromatic nitrogens is 1. The van der Waals surface area contributed by atoms with Crippen molar-refractivity contribution in [2.45, 2.75) is 13.8 Å². The highest BCUT2D eigenvalue weighted by molar-refractivity contribution is 6.31. The van der Waals surface area contributed by atoms with Crippen LogP contribution in [-0.4, -0.2) is 28.8 Å². The summed E-state index contributed by atoms with van der Waals surface area (Å²) in [5, 5.41) is 0.424. The van der Waals surface area contributed by atoms with Crippen molar-refractivity contribution in [1.82, 2.24) is 4.98 Å². The molecule has 0 aliphatic carbocycles. The molecule has 2 aromatic rings. The maximum absolute atomic E-state index is 12.1. The van der Waals surface area contributed by atoms with E-state index in [1.165, 1.54) is 44.3 Å². The highest BCUT2D eigenvalue weighted by Crippen LogP contribution is 2.30. The van der Waals surface area contributed by atoms with Crippen LogP contribution < -0.4 is 9.47 Å². The number of ether oxygens (including phenoxy) is 3. The molecule has 0 fully saturated rings. The molecular formula is C19H13ClN2O6. The van der Waals surface area contributed by atoms with Crippen molar-refractivity contribution in [3.63, 3.8) is 0 Å². The molecule has 142 valence electrons. The van der Waals surface area contributed by atoms with Gasteiger partial charge in [0.15, 0.2) is 17.2 Å². The first-order chi connectivity index (χ1) is 13.3. The monoisotopic (exact) mass is 400 g/mol. The van der Waals surface area contributed by atoms with Crippen LogP contribution in [0.3, 0.4) is 0 Å². The molecule has 0 bridgehead atoms. The average molecular weight is 401 g/mol. The predicted molar refractivity (Wildman–Crippen MR) is 98.9 cm³/mol. The van der Waals surface area contributed by atoms with Gasteiger partial charge in [0.05, 0.1) is 0 Å². The summed E-state index contributed by atoms with van der Waals surface area (Å²) in [7, 11) is 0. The Bertz CT molecular complexity index is 1040. The van der Waals surface area contributed by atoms with E-state index in [0.717, 1.165) is 0 Å². The fourth-order valence-corrected chi connectivity index (χ4v) is 2.45. The molecular weight excluding hydrogens is 388 g/mol. The quantitative estimate of drug-likeness (QED) is 0.441. The summed E-state index contributed by atoms with van der Waals surface area (Å²) in [6, 6.07) is 7.54. The number of hydrogen-bond acceptors (Lipinski definition) is 8.